The van der Waals surface area contributed by atoms with Crippen LogP contribution in [0.5, 0.6) is 0 Å². The van der Waals surface area contributed by atoms with E-state index >= 15 is 0 Å². The highest BCUT2D eigenvalue weighted by Gasteiger charge is 2.24. The van der Waals surface area contributed by atoms with Gasteiger partial charge < -0.3 is 32.5 Å². The van der Waals surface area contributed by atoms with Crippen LogP contribution in [0.3, 0.4) is 0 Å². The largest absolute Gasteiger partial charge is 0.480 e. The number of amides is 3. The van der Waals surface area contributed by atoms with Gasteiger partial charge in [0, 0.05) is 0 Å². The van der Waals surface area contributed by atoms with E-state index in [1.165, 1.54) is 6.92 Å². The maximum absolute atomic E-state index is 12.3. The first-order valence-corrected chi connectivity index (χ1v) is 9.84. The van der Waals surface area contributed by atoms with Gasteiger partial charge in [0.1, 0.15) is 12.1 Å². The van der Waals surface area contributed by atoms with Crippen LogP contribution in [0.4, 0.5) is 0 Å². The van der Waals surface area contributed by atoms with Crippen molar-refractivity contribution < 1.29 is 24.3 Å². The molecule has 0 bridgehead atoms. The molecule has 0 aliphatic heterocycles. The predicted octanol–water partition coefficient (Wildman–Crippen LogP) is -1.12. The first-order chi connectivity index (χ1) is 14.2. The van der Waals surface area contributed by atoms with Crippen molar-refractivity contribution in [3.8, 4) is 0 Å². The summed E-state index contributed by atoms with van der Waals surface area (Å²) in [6, 6.07) is 6.40. The van der Waals surface area contributed by atoms with Gasteiger partial charge in [0.25, 0.3) is 0 Å². The van der Waals surface area contributed by atoms with Crippen molar-refractivity contribution in [2.24, 2.45) is 11.5 Å². The van der Waals surface area contributed by atoms with Crippen molar-refractivity contribution in [3.63, 3.8) is 0 Å². The zero-order valence-corrected chi connectivity index (χ0v) is 17.1. The van der Waals surface area contributed by atoms with Crippen LogP contribution in [0.2, 0.25) is 0 Å². The standard InChI is InChI=1S/C20H31N5O5/c1-13(20(29)30)24-19(28)16(9-5-6-10-21)25-17(26)12-23-18(27)15(22)11-14-7-3-2-4-8-14/h2-4,7-8,13,15-16H,5-6,9-12,21-22H2,1H3,(H,23,27)(H,24,28)(H,25,26)(H,29,30). The Morgan fingerprint density at radius 3 is 2.30 bits per heavy atom. The van der Waals surface area contributed by atoms with Gasteiger partial charge in [0.05, 0.1) is 12.6 Å². The van der Waals surface area contributed by atoms with E-state index in [0.717, 1.165) is 5.56 Å². The molecule has 10 heteroatoms. The molecular weight excluding hydrogens is 390 g/mol. The minimum Gasteiger partial charge on any atom is -0.480 e. The highest BCUT2D eigenvalue weighted by molar-refractivity contribution is 5.92. The molecule has 0 aromatic heterocycles. The lowest BCUT2D eigenvalue weighted by Crippen LogP contribution is -2.53. The molecule has 0 spiro atoms. The summed E-state index contributed by atoms with van der Waals surface area (Å²) < 4.78 is 0. The van der Waals surface area contributed by atoms with Crippen LogP contribution in [0.1, 0.15) is 31.7 Å². The summed E-state index contributed by atoms with van der Waals surface area (Å²) in [7, 11) is 0. The smallest absolute Gasteiger partial charge is 0.325 e. The second-order valence-electron chi connectivity index (χ2n) is 6.99. The van der Waals surface area contributed by atoms with Crippen molar-refractivity contribution in [1.29, 1.82) is 0 Å². The Balaban J connectivity index is 2.55. The van der Waals surface area contributed by atoms with Crippen LogP contribution < -0.4 is 27.4 Å². The second-order valence-corrected chi connectivity index (χ2v) is 6.99. The fourth-order valence-electron chi connectivity index (χ4n) is 2.64. The fourth-order valence-corrected chi connectivity index (χ4v) is 2.64. The molecule has 0 aliphatic carbocycles. The van der Waals surface area contributed by atoms with Crippen molar-refractivity contribution in [2.45, 2.75) is 50.7 Å². The number of hydrogen-bond donors (Lipinski definition) is 6. The number of nitrogens with two attached hydrogens (primary N) is 2. The summed E-state index contributed by atoms with van der Waals surface area (Å²) in [5, 5.41) is 16.2. The fraction of sp³-hybridized carbons (Fsp3) is 0.500. The molecule has 166 valence electrons. The van der Waals surface area contributed by atoms with E-state index in [9.17, 15) is 19.2 Å². The molecule has 0 aliphatic rings. The normalized spacial score (nSPS) is 13.6. The third-order valence-electron chi connectivity index (χ3n) is 4.39. The van der Waals surface area contributed by atoms with Gasteiger partial charge in [0.2, 0.25) is 17.7 Å². The summed E-state index contributed by atoms with van der Waals surface area (Å²) in [5.74, 6) is -2.86. The van der Waals surface area contributed by atoms with E-state index in [2.05, 4.69) is 16.0 Å². The maximum Gasteiger partial charge on any atom is 0.325 e. The number of benzene rings is 1. The number of hydrogen-bond acceptors (Lipinski definition) is 6. The summed E-state index contributed by atoms with van der Waals surface area (Å²) in [6.45, 7) is 1.41. The zero-order valence-electron chi connectivity index (χ0n) is 17.1. The molecule has 0 saturated heterocycles. The predicted molar refractivity (Wildman–Crippen MR) is 111 cm³/mol. The van der Waals surface area contributed by atoms with Gasteiger partial charge in [-0.05, 0) is 44.7 Å². The quantitative estimate of drug-likeness (QED) is 0.218. The molecule has 3 atom stereocenters. The van der Waals surface area contributed by atoms with E-state index in [1.807, 2.05) is 30.3 Å². The molecule has 0 radical (unpaired) electrons. The number of carbonyl (C=O) groups excluding carboxylic acids is 3. The summed E-state index contributed by atoms with van der Waals surface area (Å²) >= 11 is 0. The molecule has 0 heterocycles. The minimum atomic E-state index is -1.19. The van der Waals surface area contributed by atoms with Crippen molar-refractivity contribution in [3.05, 3.63) is 35.9 Å². The minimum absolute atomic E-state index is 0.294. The number of carboxylic acids is 1. The van der Waals surface area contributed by atoms with Gasteiger partial charge in [-0.25, -0.2) is 0 Å². The zero-order chi connectivity index (χ0) is 22.5. The lowest BCUT2D eigenvalue weighted by Gasteiger charge is -2.20. The average Bonchev–Trinajstić information content (AvgIpc) is 2.71. The lowest BCUT2D eigenvalue weighted by molar-refractivity contribution is -0.141. The highest BCUT2D eigenvalue weighted by Crippen LogP contribution is 2.03. The number of rotatable bonds is 13. The molecular formula is C20H31N5O5. The Hall–Kier alpha value is -2.98. The first-order valence-electron chi connectivity index (χ1n) is 9.84. The summed E-state index contributed by atoms with van der Waals surface area (Å²) in [5.41, 5.74) is 12.2. The SMILES string of the molecule is CC(NC(=O)C(CCCCN)NC(=O)CNC(=O)C(N)Cc1ccccc1)C(=O)O. The summed E-state index contributed by atoms with van der Waals surface area (Å²) in [4.78, 5) is 47.6. The molecule has 30 heavy (non-hydrogen) atoms. The van der Waals surface area contributed by atoms with Gasteiger partial charge in [0.15, 0.2) is 0 Å². The molecule has 1 aromatic rings. The number of aliphatic carboxylic acids is 1. The van der Waals surface area contributed by atoms with Crippen molar-refractivity contribution >= 4 is 23.7 Å². The van der Waals surface area contributed by atoms with Crippen LogP contribution in [0.25, 0.3) is 0 Å². The van der Waals surface area contributed by atoms with E-state index in [1.54, 1.807) is 0 Å². The second kappa shape index (κ2) is 13.3. The van der Waals surface area contributed by atoms with E-state index in [-0.39, 0.29) is 6.54 Å². The van der Waals surface area contributed by atoms with Crippen LogP contribution in [-0.2, 0) is 25.6 Å². The van der Waals surface area contributed by atoms with Crippen molar-refractivity contribution in [2.75, 3.05) is 13.1 Å². The third-order valence-corrected chi connectivity index (χ3v) is 4.39. The van der Waals surface area contributed by atoms with Gasteiger partial charge in [-0.3, -0.25) is 19.2 Å². The average molecular weight is 421 g/mol. The summed E-state index contributed by atoms with van der Waals surface area (Å²) in [6.07, 6.45) is 1.85. The van der Waals surface area contributed by atoms with Crippen LogP contribution in [-0.4, -0.2) is 60.0 Å². The van der Waals surface area contributed by atoms with Gasteiger partial charge in [-0.1, -0.05) is 30.3 Å². The third kappa shape index (κ3) is 9.48. The van der Waals surface area contributed by atoms with Crippen LogP contribution in [0.15, 0.2) is 30.3 Å². The van der Waals surface area contributed by atoms with E-state index in [4.69, 9.17) is 16.6 Å². The molecule has 8 N–H and O–H groups in total. The molecule has 0 saturated carbocycles. The Kier molecular flexibility index (Phi) is 11.1. The number of nitrogens with one attached hydrogen (secondary N) is 3. The Morgan fingerprint density at radius 1 is 1.03 bits per heavy atom. The van der Waals surface area contributed by atoms with E-state index in [0.29, 0.717) is 32.2 Å². The Bertz CT molecular complexity index is 713. The van der Waals surface area contributed by atoms with Crippen LogP contribution >= 0.6 is 0 Å². The van der Waals surface area contributed by atoms with Crippen LogP contribution in [0, 0.1) is 0 Å². The number of unbranched alkanes of at least 4 members (excludes halogenated alkanes) is 1. The van der Waals surface area contributed by atoms with Crippen molar-refractivity contribution in [1.82, 2.24) is 16.0 Å². The van der Waals surface area contributed by atoms with Gasteiger partial charge in [-0.15, -0.1) is 0 Å². The molecule has 3 amide bonds. The van der Waals surface area contributed by atoms with Gasteiger partial charge in [-0.2, -0.15) is 0 Å². The Morgan fingerprint density at radius 2 is 1.70 bits per heavy atom. The lowest BCUT2D eigenvalue weighted by atomic mass is 10.1. The van der Waals surface area contributed by atoms with E-state index < -0.39 is 41.8 Å². The molecule has 1 aromatic carbocycles. The first kappa shape index (κ1) is 25.1. The number of carboxylic acid groups (broad SMARTS) is 1. The monoisotopic (exact) mass is 421 g/mol. The molecule has 1 rings (SSSR count). The topological polar surface area (TPSA) is 177 Å². The molecule has 0 fully saturated rings. The Labute approximate surface area is 175 Å². The molecule has 10 nitrogen and oxygen atoms in total. The van der Waals surface area contributed by atoms with Gasteiger partial charge >= 0.3 is 5.97 Å². The maximum atomic E-state index is 12.3. The highest BCUT2D eigenvalue weighted by atomic mass is 16.4. The number of carbonyl (C=O) groups is 4. The molecule has 3 unspecified atom stereocenters.